The number of amides is 3. The molecule has 0 aliphatic carbocycles. The molecule has 0 radical (unpaired) electrons. The van der Waals surface area contributed by atoms with E-state index >= 15 is 0 Å². The summed E-state index contributed by atoms with van der Waals surface area (Å²) in [6, 6.07) is -1.11. The van der Waals surface area contributed by atoms with Gasteiger partial charge in [0.2, 0.25) is 17.7 Å². The van der Waals surface area contributed by atoms with Crippen molar-refractivity contribution >= 4 is 49.4 Å². The van der Waals surface area contributed by atoms with Crippen LogP contribution in [0.15, 0.2) is 24.3 Å². The van der Waals surface area contributed by atoms with Gasteiger partial charge in [-0.25, -0.2) is 4.57 Å². The zero-order valence-corrected chi connectivity index (χ0v) is 46.3. The summed E-state index contributed by atoms with van der Waals surface area (Å²) in [7, 11) is -4.79. The van der Waals surface area contributed by atoms with E-state index < -0.39 is 87.8 Å². The first kappa shape index (κ1) is 69.9. The maximum Gasteiger partial charge on any atom is 0.472 e. The highest BCUT2D eigenvalue weighted by Gasteiger charge is 2.27. The molecule has 3 amide bonds. The topological polar surface area (TPSA) is 270 Å². The summed E-state index contributed by atoms with van der Waals surface area (Å²) in [4.78, 5) is 94.9. The molecule has 428 valence electrons. The molecule has 0 aliphatic heterocycles. The first-order valence-electron chi connectivity index (χ1n) is 28.2. The Morgan fingerprint density at radius 1 is 0.486 bits per heavy atom. The molecule has 0 heterocycles. The van der Waals surface area contributed by atoms with Crippen LogP contribution in [0.2, 0.25) is 0 Å². The molecule has 0 aliphatic rings. The van der Waals surface area contributed by atoms with Crippen LogP contribution in [0.4, 0.5) is 0 Å². The van der Waals surface area contributed by atoms with Gasteiger partial charge in [0.1, 0.15) is 12.6 Å². The van der Waals surface area contributed by atoms with Gasteiger partial charge in [0.05, 0.1) is 26.1 Å². The van der Waals surface area contributed by atoms with E-state index in [2.05, 4.69) is 54.1 Å². The Morgan fingerprint density at radius 2 is 0.946 bits per heavy atom. The third kappa shape index (κ3) is 48.8. The van der Waals surface area contributed by atoms with Crippen molar-refractivity contribution in [2.75, 3.05) is 32.9 Å². The van der Waals surface area contributed by atoms with Gasteiger partial charge in [-0.2, -0.15) is 0 Å². The van der Waals surface area contributed by atoms with Crippen molar-refractivity contribution in [1.82, 2.24) is 16.0 Å². The third-order valence-electron chi connectivity index (χ3n) is 12.1. The lowest BCUT2D eigenvalue weighted by Crippen LogP contribution is -2.47. The lowest BCUT2D eigenvalue weighted by atomic mass is 10.1. The van der Waals surface area contributed by atoms with Gasteiger partial charge in [-0.05, 0) is 83.5 Å². The van der Waals surface area contributed by atoms with E-state index in [-0.39, 0.29) is 51.6 Å². The first-order valence-corrected chi connectivity index (χ1v) is 29.7. The van der Waals surface area contributed by atoms with Crippen LogP contribution in [-0.2, 0) is 56.6 Å². The maximum atomic E-state index is 13.1. The van der Waals surface area contributed by atoms with Gasteiger partial charge in [-0.1, -0.05) is 141 Å². The van der Waals surface area contributed by atoms with Gasteiger partial charge in [0.25, 0.3) is 0 Å². The highest BCUT2D eigenvalue weighted by atomic mass is 31.2. The summed E-state index contributed by atoms with van der Waals surface area (Å²) in [5.41, 5.74) is 0. The summed E-state index contributed by atoms with van der Waals surface area (Å²) in [5.74, 6) is -5.17. The summed E-state index contributed by atoms with van der Waals surface area (Å²) in [6.07, 6.45) is 36.6. The maximum absolute atomic E-state index is 13.1. The smallest absolute Gasteiger partial charge is 0.472 e. The molecule has 0 aromatic carbocycles. The molecular formula is C55H98N3O15P. The average Bonchev–Trinajstić information content (AvgIpc) is 3.36. The number of carbonyl (C=O) groups is 7. The van der Waals surface area contributed by atoms with Crippen LogP contribution in [0.1, 0.15) is 239 Å². The van der Waals surface area contributed by atoms with Crippen LogP contribution in [-0.4, -0.2) is 102 Å². The lowest BCUT2D eigenvalue weighted by molar-refractivity contribution is -0.161. The Hall–Kier alpha value is -4.12. The monoisotopic (exact) mass is 1070 g/mol. The van der Waals surface area contributed by atoms with Crippen LogP contribution in [0, 0.1) is 0 Å². The van der Waals surface area contributed by atoms with Crippen LogP contribution in [0.25, 0.3) is 0 Å². The number of esters is 2. The van der Waals surface area contributed by atoms with E-state index in [1.807, 2.05) is 0 Å². The highest BCUT2D eigenvalue weighted by molar-refractivity contribution is 7.47. The Bertz CT molecular complexity index is 1610. The molecule has 0 aromatic rings. The predicted molar refractivity (Wildman–Crippen MR) is 287 cm³/mol. The number of rotatable bonds is 53. The number of hydrogen-bond donors (Lipinski definition) is 6. The quantitative estimate of drug-likeness (QED) is 0.0143. The van der Waals surface area contributed by atoms with Gasteiger partial charge in [0.15, 0.2) is 6.10 Å². The molecule has 0 spiro atoms. The number of carbonyl (C=O) groups excluding carboxylic acids is 5. The van der Waals surface area contributed by atoms with Crippen molar-refractivity contribution in [3.8, 4) is 0 Å². The van der Waals surface area contributed by atoms with Gasteiger partial charge in [0, 0.05) is 38.8 Å². The molecule has 3 atom stereocenters. The fourth-order valence-corrected chi connectivity index (χ4v) is 8.49. The molecule has 0 rings (SSSR count). The average molecular weight is 1070 g/mol. The predicted octanol–water partition coefficient (Wildman–Crippen LogP) is 11.3. The summed E-state index contributed by atoms with van der Waals surface area (Å²) >= 11 is 0. The van der Waals surface area contributed by atoms with Gasteiger partial charge < -0.3 is 40.5 Å². The third-order valence-corrected chi connectivity index (χ3v) is 13.1. The standard InChI is InChI=1S/C55H98N3O15P/c1-3-5-7-9-11-13-15-17-19-21-23-25-27-29-31-36-53(65)70-45-47(73-54(66)37-32-30-28-26-24-22-20-18-16-14-12-10-8-6-4-2)46-72-74(68,69)71-44-43-57-55(67)48(58-50(60)39-41-52(63)64)35-33-34-42-56-49(59)38-40-51(61)62/h17-20,47-48H,3-16,21-46H2,1-2H3,(H,56,59)(H,57,67)(H,58,60)(H,61,62)(H,63,64)(H,68,69)/b19-17+,20-18+/t47-,48?/m1/s1. The van der Waals surface area contributed by atoms with Gasteiger partial charge >= 0.3 is 31.7 Å². The molecule has 0 saturated heterocycles. The molecule has 0 fully saturated rings. The number of ether oxygens (including phenoxy) is 2. The fourth-order valence-electron chi connectivity index (χ4n) is 7.74. The number of carboxylic acids is 2. The van der Waals surface area contributed by atoms with Crippen LogP contribution >= 0.6 is 7.82 Å². The lowest BCUT2D eigenvalue weighted by Gasteiger charge is -2.20. The zero-order chi connectivity index (χ0) is 54.8. The van der Waals surface area contributed by atoms with Crippen molar-refractivity contribution in [3.63, 3.8) is 0 Å². The van der Waals surface area contributed by atoms with E-state index in [0.717, 1.165) is 77.0 Å². The second-order valence-electron chi connectivity index (χ2n) is 19.1. The number of carboxylic acid groups (broad SMARTS) is 2. The number of allylic oxidation sites excluding steroid dienone is 4. The number of phosphoric acid groups is 1. The molecule has 6 N–H and O–H groups in total. The van der Waals surface area contributed by atoms with E-state index in [1.54, 1.807) is 0 Å². The minimum absolute atomic E-state index is 0.0948. The number of nitrogens with one attached hydrogen (secondary N) is 3. The van der Waals surface area contributed by atoms with Gasteiger partial charge in [-0.15, -0.1) is 0 Å². The molecule has 19 heteroatoms. The van der Waals surface area contributed by atoms with E-state index in [9.17, 15) is 43.0 Å². The fraction of sp³-hybridized carbons (Fsp3) is 0.800. The molecule has 0 saturated carbocycles. The number of unbranched alkanes of at least 4 members (excludes halogenated alkanes) is 23. The van der Waals surface area contributed by atoms with Crippen molar-refractivity contribution in [2.45, 2.75) is 251 Å². The second-order valence-corrected chi connectivity index (χ2v) is 20.6. The minimum atomic E-state index is -4.79. The van der Waals surface area contributed by atoms with Crippen molar-refractivity contribution < 1.29 is 71.8 Å². The number of hydrogen-bond acceptors (Lipinski definition) is 12. The molecule has 0 bridgehead atoms. The summed E-state index contributed by atoms with van der Waals surface area (Å²) in [5, 5.41) is 25.2. The zero-order valence-electron chi connectivity index (χ0n) is 45.4. The molecule has 2 unspecified atom stereocenters. The normalized spacial score (nSPS) is 13.1. The largest absolute Gasteiger partial charge is 0.481 e. The highest BCUT2D eigenvalue weighted by Crippen LogP contribution is 2.43. The second kappa shape index (κ2) is 49.7. The first-order chi connectivity index (χ1) is 35.7. The molecule has 74 heavy (non-hydrogen) atoms. The Kier molecular flexibility index (Phi) is 47.0. The van der Waals surface area contributed by atoms with Crippen LogP contribution in [0.3, 0.4) is 0 Å². The Morgan fingerprint density at radius 3 is 1.45 bits per heavy atom. The molecule has 18 nitrogen and oxygen atoms in total. The van der Waals surface area contributed by atoms with Crippen LogP contribution < -0.4 is 16.0 Å². The molecular weight excluding hydrogens is 974 g/mol. The van der Waals surface area contributed by atoms with Crippen molar-refractivity contribution in [3.05, 3.63) is 24.3 Å². The SMILES string of the molecule is CCCCCCCC/C=C/CCCCCCCC(=O)OC[C@H](COP(=O)(O)OCCNC(=O)C(CCCCNC(=O)CCC(=O)O)NC(=O)CCC(=O)O)OC(=O)CCCCCCC/C=C/CCCCCCCC. The Labute approximate surface area is 443 Å². The van der Waals surface area contributed by atoms with Gasteiger partial charge in [-0.3, -0.25) is 42.6 Å². The van der Waals surface area contributed by atoms with Crippen molar-refractivity contribution in [2.24, 2.45) is 0 Å². The summed E-state index contributed by atoms with van der Waals surface area (Å²) in [6.45, 7) is 2.83. The summed E-state index contributed by atoms with van der Waals surface area (Å²) < 4.78 is 34.1. The minimum Gasteiger partial charge on any atom is -0.481 e. The van der Waals surface area contributed by atoms with E-state index in [1.165, 1.54) is 77.0 Å². The van der Waals surface area contributed by atoms with Crippen LogP contribution in [0.5, 0.6) is 0 Å². The van der Waals surface area contributed by atoms with Crippen molar-refractivity contribution in [1.29, 1.82) is 0 Å². The number of phosphoric ester groups is 1. The Balaban J connectivity index is 5.06. The number of aliphatic carboxylic acids is 2. The van der Waals surface area contributed by atoms with E-state index in [0.29, 0.717) is 25.7 Å². The molecule has 0 aromatic heterocycles. The van der Waals surface area contributed by atoms with E-state index in [4.69, 9.17) is 28.7 Å².